The summed E-state index contributed by atoms with van der Waals surface area (Å²) in [5, 5.41) is 10.6. The molecule has 1 fully saturated rings. The van der Waals surface area contributed by atoms with Crippen LogP contribution in [0, 0.1) is 5.92 Å². The lowest BCUT2D eigenvalue weighted by Gasteiger charge is -2.11. The van der Waals surface area contributed by atoms with Gasteiger partial charge in [-0.1, -0.05) is 12.8 Å². The summed E-state index contributed by atoms with van der Waals surface area (Å²) < 4.78 is 0. The summed E-state index contributed by atoms with van der Waals surface area (Å²) in [6.07, 6.45) is 14.6. The Hall–Kier alpha value is -4.99. The molecule has 0 saturated heterocycles. The first-order chi connectivity index (χ1) is 18.7. The van der Waals surface area contributed by atoms with E-state index in [-0.39, 0.29) is 11.8 Å². The molecule has 0 aromatic carbocycles. The van der Waals surface area contributed by atoms with E-state index in [2.05, 4.69) is 35.5 Å². The number of rotatable bonds is 5. The Balaban J connectivity index is 1.25. The van der Waals surface area contributed by atoms with Gasteiger partial charge in [0.25, 0.3) is 0 Å². The maximum atomic E-state index is 12.6. The van der Waals surface area contributed by atoms with Crippen LogP contribution in [0.3, 0.4) is 0 Å². The van der Waals surface area contributed by atoms with Gasteiger partial charge in [0.15, 0.2) is 11.5 Å². The molecule has 0 aliphatic heterocycles. The van der Waals surface area contributed by atoms with E-state index in [1.54, 1.807) is 37.2 Å². The lowest BCUT2D eigenvalue weighted by atomic mass is 10.1. The number of nitrogens with one attached hydrogen (secondary N) is 3. The van der Waals surface area contributed by atoms with Gasteiger partial charge in [-0.2, -0.15) is 5.10 Å². The van der Waals surface area contributed by atoms with Crippen molar-refractivity contribution in [2.45, 2.75) is 25.7 Å². The Morgan fingerprint density at radius 2 is 1.68 bits per heavy atom. The van der Waals surface area contributed by atoms with E-state index in [9.17, 15) is 4.79 Å². The van der Waals surface area contributed by atoms with Crippen LogP contribution in [0.4, 0.5) is 5.69 Å². The molecule has 1 amide bonds. The van der Waals surface area contributed by atoms with Crippen LogP contribution in [-0.4, -0.2) is 46.0 Å². The minimum Gasteiger partial charge on any atom is -0.335 e. The van der Waals surface area contributed by atoms with Crippen molar-refractivity contribution in [3.63, 3.8) is 0 Å². The van der Waals surface area contributed by atoms with Gasteiger partial charge in [0.2, 0.25) is 5.91 Å². The Labute approximate surface area is 217 Å². The number of pyridine rings is 4. The van der Waals surface area contributed by atoms with Crippen LogP contribution in [0.15, 0.2) is 67.5 Å². The number of aromatic amines is 2. The number of hydrogen-bond acceptors (Lipinski definition) is 7. The number of imidazole rings is 1. The number of hydrogen-bond donors (Lipinski definition) is 3. The van der Waals surface area contributed by atoms with Crippen molar-refractivity contribution in [2.75, 3.05) is 5.32 Å². The van der Waals surface area contributed by atoms with Gasteiger partial charge >= 0.3 is 0 Å². The van der Waals surface area contributed by atoms with Crippen molar-refractivity contribution in [3.8, 4) is 33.9 Å². The molecule has 1 saturated carbocycles. The maximum Gasteiger partial charge on any atom is 0.227 e. The molecule has 0 spiro atoms. The van der Waals surface area contributed by atoms with E-state index < -0.39 is 0 Å². The highest BCUT2D eigenvalue weighted by Crippen LogP contribution is 2.31. The second-order valence-corrected chi connectivity index (χ2v) is 9.50. The molecule has 1 aliphatic rings. The van der Waals surface area contributed by atoms with Gasteiger partial charge in [-0.25, -0.2) is 9.97 Å². The second-order valence-electron chi connectivity index (χ2n) is 9.50. The fraction of sp³-hybridized carbons (Fsp3) is 0.179. The quantitative estimate of drug-likeness (QED) is 0.297. The van der Waals surface area contributed by atoms with Crippen LogP contribution in [0.1, 0.15) is 25.7 Å². The first kappa shape index (κ1) is 22.2. The lowest BCUT2D eigenvalue weighted by molar-refractivity contribution is -0.119. The zero-order chi connectivity index (χ0) is 25.5. The predicted molar refractivity (Wildman–Crippen MR) is 144 cm³/mol. The van der Waals surface area contributed by atoms with Gasteiger partial charge in [0.1, 0.15) is 5.52 Å². The van der Waals surface area contributed by atoms with Crippen LogP contribution in [0.2, 0.25) is 0 Å². The Morgan fingerprint density at radius 3 is 2.55 bits per heavy atom. The monoisotopic (exact) mass is 501 g/mol. The minimum atomic E-state index is 0.0625. The van der Waals surface area contributed by atoms with Gasteiger partial charge in [-0.15, -0.1) is 0 Å². The van der Waals surface area contributed by atoms with E-state index in [1.807, 2.05) is 30.3 Å². The largest absolute Gasteiger partial charge is 0.335 e. The number of carbonyl (C=O) groups is 1. The van der Waals surface area contributed by atoms with Gasteiger partial charge in [0.05, 0.1) is 40.3 Å². The number of fused-ring (bicyclic) bond motifs is 2. The Morgan fingerprint density at radius 1 is 0.842 bits per heavy atom. The third-order valence-electron chi connectivity index (χ3n) is 7.05. The molecule has 1 aliphatic carbocycles. The molecule has 0 unspecified atom stereocenters. The molecule has 6 aromatic rings. The molecule has 7 rings (SSSR count). The second kappa shape index (κ2) is 9.15. The summed E-state index contributed by atoms with van der Waals surface area (Å²) in [6, 6.07) is 9.61. The SMILES string of the molecule is O=C(Nc1cncc(-c2ccc3[nH]nc(-c4nc5c(-c6ccncc6)cncc5[nH]4)c3n2)c1)C1CCCC1. The van der Waals surface area contributed by atoms with Crippen LogP contribution in [0.5, 0.6) is 0 Å². The summed E-state index contributed by atoms with van der Waals surface area (Å²) in [5.41, 5.74) is 7.76. The summed E-state index contributed by atoms with van der Waals surface area (Å²) in [4.78, 5) is 38.6. The van der Waals surface area contributed by atoms with Crippen molar-refractivity contribution in [3.05, 3.63) is 67.5 Å². The molecule has 0 atom stereocenters. The van der Waals surface area contributed by atoms with Crippen molar-refractivity contribution in [1.82, 2.24) is 40.1 Å². The van der Waals surface area contributed by atoms with Crippen molar-refractivity contribution >= 4 is 33.7 Å². The molecule has 10 nitrogen and oxygen atoms in total. The summed E-state index contributed by atoms with van der Waals surface area (Å²) >= 11 is 0. The van der Waals surface area contributed by atoms with Crippen LogP contribution in [0.25, 0.3) is 56.0 Å². The molecule has 6 heterocycles. The zero-order valence-corrected chi connectivity index (χ0v) is 20.3. The predicted octanol–water partition coefficient (Wildman–Crippen LogP) is 5.15. The third-order valence-corrected chi connectivity index (χ3v) is 7.05. The Bertz CT molecular complexity index is 1780. The van der Waals surface area contributed by atoms with Crippen LogP contribution >= 0.6 is 0 Å². The average Bonchev–Trinajstić information content (AvgIpc) is 3.73. The highest BCUT2D eigenvalue weighted by molar-refractivity contribution is 5.96. The topological polar surface area (TPSA) is 138 Å². The molecule has 0 radical (unpaired) electrons. The van der Waals surface area contributed by atoms with Crippen molar-refractivity contribution in [1.29, 1.82) is 0 Å². The van der Waals surface area contributed by atoms with E-state index in [1.165, 1.54) is 0 Å². The summed E-state index contributed by atoms with van der Waals surface area (Å²) in [6.45, 7) is 0. The fourth-order valence-electron chi connectivity index (χ4n) is 5.09. The van der Waals surface area contributed by atoms with Gasteiger partial charge in [-0.05, 0) is 48.7 Å². The zero-order valence-electron chi connectivity index (χ0n) is 20.3. The number of carbonyl (C=O) groups excluding carboxylic acids is 1. The van der Waals surface area contributed by atoms with Gasteiger partial charge < -0.3 is 10.3 Å². The first-order valence-electron chi connectivity index (χ1n) is 12.6. The summed E-state index contributed by atoms with van der Waals surface area (Å²) in [5.74, 6) is 0.738. The van der Waals surface area contributed by atoms with E-state index >= 15 is 0 Å². The fourth-order valence-corrected chi connectivity index (χ4v) is 5.09. The van der Waals surface area contributed by atoms with Crippen molar-refractivity contribution in [2.24, 2.45) is 5.92 Å². The molecule has 10 heteroatoms. The number of aromatic nitrogens is 8. The van der Waals surface area contributed by atoms with Crippen LogP contribution < -0.4 is 5.32 Å². The average molecular weight is 502 g/mol. The molecular formula is C28H23N9O. The molecule has 38 heavy (non-hydrogen) atoms. The van der Waals surface area contributed by atoms with E-state index in [4.69, 9.17) is 9.97 Å². The number of amides is 1. The Kier molecular flexibility index (Phi) is 5.35. The molecule has 186 valence electrons. The third kappa shape index (κ3) is 3.96. The smallest absolute Gasteiger partial charge is 0.227 e. The van der Waals surface area contributed by atoms with E-state index in [0.29, 0.717) is 22.7 Å². The van der Waals surface area contributed by atoms with E-state index in [0.717, 1.165) is 64.6 Å². The molecule has 0 bridgehead atoms. The molecule has 3 N–H and O–H groups in total. The first-order valence-corrected chi connectivity index (χ1v) is 12.6. The van der Waals surface area contributed by atoms with Gasteiger partial charge in [-0.3, -0.25) is 24.8 Å². The maximum absolute atomic E-state index is 12.6. The van der Waals surface area contributed by atoms with Crippen molar-refractivity contribution < 1.29 is 4.79 Å². The number of anilines is 1. The highest BCUT2D eigenvalue weighted by atomic mass is 16.1. The lowest BCUT2D eigenvalue weighted by Crippen LogP contribution is -2.20. The highest BCUT2D eigenvalue weighted by Gasteiger charge is 2.23. The molecular weight excluding hydrogens is 478 g/mol. The molecule has 6 aromatic heterocycles. The number of H-pyrrole nitrogens is 2. The van der Waals surface area contributed by atoms with Crippen LogP contribution in [-0.2, 0) is 4.79 Å². The summed E-state index contributed by atoms with van der Waals surface area (Å²) in [7, 11) is 0. The normalized spacial score (nSPS) is 13.9. The minimum absolute atomic E-state index is 0.0625. The standard InChI is InChI=1S/C28H23N9O/c38-28(17-3-1-2-4-17)32-19-11-18(12-30-13-19)21-5-6-22-25(33-21)26(37-36-22)27-34-23-15-31-14-20(24(23)35-27)16-7-9-29-10-8-16/h5-15,17H,1-4H2,(H,32,38)(H,34,35)(H,36,37). The number of nitrogens with zero attached hydrogens (tertiary/aromatic N) is 6. The van der Waals surface area contributed by atoms with Gasteiger partial charge in [0, 0.05) is 41.8 Å².